The highest BCUT2D eigenvalue weighted by atomic mass is 79.9. The minimum absolute atomic E-state index is 0.00357. The van der Waals surface area contributed by atoms with E-state index in [1.54, 1.807) is 24.3 Å². The fourth-order valence-electron chi connectivity index (χ4n) is 2.52. The molecule has 0 bridgehead atoms. The van der Waals surface area contributed by atoms with Crippen molar-refractivity contribution in [2.24, 2.45) is 0 Å². The average molecular weight is 453 g/mol. The number of nitrogens with zero attached hydrogens (tertiary/aromatic N) is 1. The molecule has 0 heterocycles. The Morgan fingerprint density at radius 2 is 1.74 bits per heavy atom. The Kier molecular flexibility index (Phi) is 8.01. The Morgan fingerprint density at radius 1 is 1.11 bits per heavy atom. The van der Waals surface area contributed by atoms with Crippen molar-refractivity contribution in [1.29, 1.82) is 0 Å². The van der Waals surface area contributed by atoms with Gasteiger partial charge in [-0.2, -0.15) is 4.31 Å². The monoisotopic (exact) mass is 452 g/mol. The molecule has 2 aromatic carbocycles. The summed E-state index contributed by atoms with van der Waals surface area (Å²) in [4.78, 5) is 12.5. The number of hydrogen-bond acceptors (Lipinski definition) is 3. The fraction of sp³-hybridized carbons (Fsp3) is 0.350. The smallest absolute Gasteiger partial charge is 0.243 e. The topological polar surface area (TPSA) is 66.5 Å². The van der Waals surface area contributed by atoms with E-state index in [4.69, 9.17) is 0 Å². The van der Waals surface area contributed by atoms with Crippen LogP contribution >= 0.6 is 15.9 Å². The molecule has 1 N–H and O–H groups in total. The number of halogens is 1. The molecule has 0 aliphatic heterocycles. The van der Waals surface area contributed by atoms with Gasteiger partial charge in [0, 0.05) is 17.1 Å². The highest BCUT2D eigenvalue weighted by Gasteiger charge is 2.26. The van der Waals surface area contributed by atoms with Gasteiger partial charge in [-0.3, -0.25) is 4.79 Å². The number of carbonyl (C=O) groups excluding carboxylic acids is 1. The number of amides is 1. The lowest BCUT2D eigenvalue weighted by Gasteiger charge is -2.23. The molecule has 0 radical (unpaired) electrons. The standard InChI is InChI=1S/C20H25BrN2O3S/c1-3-16(2)22-20(24)15-23(14-13-17-7-5-4-6-8-17)27(25,26)19-11-9-18(21)10-12-19/h4-12,16H,3,13-15H2,1-2H3,(H,22,24)/t16-/m1/s1. The molecule has 2 rings (SSSR count). The van der Waals surface area contributed by atoms with E-state index in [0.717, 1.165) is 16.5 Å². The number of rotatable bonds is 9. The molecule has 0 unspecified atom stereocenters. The molecule has 1 atom stereocenters. The highest BCUT2D eigenvalue weighted by Crippen LogP contribution is 2.19. The van der Waals surface area contributed by atoms with E-state index in [0.29, 0.717) is 6.42 Å². The van der Waals surface area contributed by atoms with Gasteiger partial charge in [0.15, 0.2) is 0 Å². The van der Waals surface area contributed by atoms with Gasteiger partial charge in [0.1, 0.15) is 0 Å². The van der Waals surface area contributed by atoms with Gasteiger partial charge in [0.25, 0.3) is 0 Å². The summed E-state index contributed by atoms with van der Waals surface area (Å²) in [6.07, 6.45) is 1.32. The van der Waals surface area contributed by atoms with Crippen LogP contribution in [-0.4, -0.2) is 37.8 Å². The molecule has 0 fully saturated rings. The average Bonchev–Trinajstić information content (AvgIpc) is 2.66. The van der Waals surface area contributed by atoms with Crippen molar-refractivity contribution in [3.63, 3.8) is 0 Å². The van der Waals surface area contributed by atoms with Crippen LogP contribution in [0.3, 0.4) is 0 Å². The first-order valence-corrected chi connectivity index (χ1v) is 11.1. The summed E-state index contributed by atoms with van der Waals surface area (Å²) in [7, 11) is -3.77. The zero-order valence-electron chi connectivity index (χ0n) is 15.6. The molecular weight excluding hydrogens is 428 g/mol. The van der Waals surface area contributed by atoms with E-state index in [9.17, 15) is 13.2 Å². The third-order valence-corrected chi connectivity index (χ3v) is 6.67. The molecule has 0 spiro atoms. The van der Waals surface area contributed by atoms with Crippen molar-refractivity contribution >= 4 is 31.9 Å². The molecule has 2 aromatic rings. The molecule has 0 saturated carbocycles. The molecule has 0 aliphatic carbocycles. The van der Waals surface area contributed by atoms with E-state index in [2.05, 4.69) is 21.2 Å². The lowest BCUT2D eigenvalue weighted by Crippen LogP contribution is -2.44. The van der Waals surface area contributed by atoms with Crippen LogP contribution in [0.4, 0.5) is 0 Å². The maximum atomic E-state index is 13.1. The Balaban J connectivity index is 2.21. The van der Waals surface area contributed by atoms with Gasteiger partial charge in [0.2, 0.25) is 15.9 Å². The number of carbonyl (C=O) groups is 1. The Bertz CT molecular complexity index is 839. The zero-order chi connectivity index (χ0) is 19.9. The summed E-state index contributed by atoms with van der Waals surface area (Å²) in [5, 5.41) is 2.84. The number of hydrogen-bond donors (Lipinski definition) is 1. The van der Waals surface area contributed by atoms with Crippen LogP contribution in [0.2, 0.25) is 0 Å². The molecule has 5 nitrogen and oxygen atoms in total. The van der Waals surface area contributed by atoms with Crippen LogP contribution in [0.5, 0.6) is 0 Å². The Labute approximate surface area is 170 Å². The van der Waals surface area contributed by atoms with Crippen molar-refractivity contribution in [1.82, 2.24) is 9.62 Å². The second-order valence-corrected chi connectivity index (χ2v) is 9.26. The molecule has 0 aliphatic rings. The summed E-state index contributed by atoms with van der Waals surface area (Å²) in [5.41, 5.74) is 1.02. The van der Waals surface area contributed by atoms with Crippen LogP contribution in [-0.2, 0) is 21.2 Å². The predicted molar refractivity (Wildman–Crippen MR) is 111 cm³/mol. The van der Waals surface area contributed by atoms with Gasteiger partial charge in [-0.1, -0.05) is 53.2 Å². The van der Waals surface area contributed by atoms with Gasteiger partial charge in [-0.05, 0) is 49.6 Å². The molecule has 1 amide bonds. The molecule has 27 heavy (non-hydrogen) atoms. The third kappa shape index (κ3) is 6.45. The SMILES string of the molecule is CC[C@@H](C)NC(=O)CN(CCc1ccccc1)S(=O)(=O)c1ccc(Br)cc1. The van der Waals surface area contributed by atoms with Crippen LogP contribution < -0.4 is 5.32 Å². The van der Waals surface area contributed by atoms with Gasteiger partial charge >= 0.3 is 0 Å². The zero-order valence-corrected chi connectivity index (χ0v) is 18.0. The fourth-order valence-corrected chi connectivity index (χ4v) is 4.18. The van der Waals surface area contributed by atoms with E-state index in [-0.39, 0.29) is 29.9 Å². The lowest BCUT2D eigenvalue weighted by molar-refractivity contribution is -0.121. The lowest BCUT2D eigenvalue weighted by atomic mass is 10.1. The van der Waals surface area contributed by atoms with E-state index >= 15 is 0 Å². The molecule has 0 saturated heterocycles. The molecule has 7 heteroatoms. The second kappa shape index (κ2) is 10.0. The van der Waals surface area contributed by atoms with Gasteiger partial charge in [-0.25, -0.2) is 8.42 Å². The third-order valence-electron chi connectivity index (χ3n) is 4.28. The second-order valence-electron chi connectivity index (χ2n) is 6.40. The molecule has 146 valence electrons. The van der Waals surface area contributed by atoms with Gasteiger partial charge < -0.3 is 5.32 Å². The summed E-state index contributed by atoms with van der Waals surface area (Å²) < 4.78 is 28.2. The minimum Gasteiger partial charge on any atom is -0.353 e. The normalized spacial score (nSPS) is 12.7. The van der Waals surface area contributed by atoms with E-state index in [1.807, 2.05) is 44.2 Å². The number of nitrogens with one attached hydrogen (secondary N) is 1. The van der Waals surface area contributed by atoms with Gasteiger partial charge in [0.05, 0.1) is 11.4 Å². The van der Waals surface area contributed by atoms with Crippen molar-refractivity contribution in [2.45, 2.75) is 37.6 Å². The number of sulfonamides is 1. The first-order chi connectivity index (χ1) is 12.8. The highest BCUT2D eigenvalue weighted by molar-refractivity contribution is 9.10. The van der Waals surface area contributed by atoms with Gasteiger partial charge in [-0.15, -0.1) is 0 Å². The summed E-state index contributed by atoms with van der Waals surface area (Å²) in [6, 6.07) is 16.1. The van der Waals surface area contributed by atoms with Crippen LogP contribution in [0.1, 0.15) is 25.8 Å². The van der Waals surface area contributed by atoms with Crippen molar-refractivity contribution < 1.29 is 13.2 Å². The van der Waals surface area contributed by atoms with E-state index in [1.165, 1.54) is 4.31 Å². The van der Waals surface area contributed by atoms with Crippen molar-refractivity contribution in [2.75, 3.05) is 13.1 Å². The predicted octanol–water partition coefficient (Wildman–Crippen LogP) is 3.60. The maximum absolute atomic E-state index is 13.1. The Hall–Kier alpha value is -1.70. The maximum Gasteiger partial charge on any atom is 0.243 e. The summed E-state index contributed by atoms with van der Waals surface area (Å²) >= 11 is 3.31. The largest absolute Gasteiger partial charge is 0.353 e. The van der Waals surface area contributed by atoms with Crippen LogP contribution in [0, 0.1) is 0 Å². The molecule has 0 aromatic heterocycles. The number of benzene rings is 2. The first kappa shape index (κ1) is 21.6. The summed E-state index contributed by atoms with van der Waals surface area (Å²) in [6.45, 7) is 3.90. The van der Waals surface area contributed by atoms with Crippen LogP contribution in [0.25, 0.3) is 0 Å². The van der Waals surface area contributed by atoms with Crippen molar-refractivity contribution in [3.8, 4) is 0 Å². The van der Waals surface area contributed by atoms with E-state index < -0.39 is 10.0 Å². The summed E-state index contributed by atoms with van der Waals surface area (Å²) in [5.74, 6) is -0.293. The Morgan fingerprint density at radius 3 is 2.33 bits per heavy atom. The van der Waals surface area contributed by atoms with Crippen LogP contribution in [0.15, 0.2) is 64.0 Å². The minimum atomic E-state index is -3.77. The quantitative estimate of drug-likeness (QED) is 0.631. The first-order valence-electron chi connectivity index (χ1n) is 8.92. The molecular formula is C20H25BrN2O3S. The van der Waals surface area contributed by atoms with Crippen molar-refractivity contribution in [3.05, 3.63) is 64.6 Å².